The first-order valence-corrected chi connectivity index (χ1v) is 11.8. The van der Waals surface area contributed by atoms with Crippen LogP contribution in [0.2, 0.25) is 0 Å². The molecule has 32 heavy (non-hydrogen) atoms. The number of esters is 3. The van der Waals surface area contributed by atoms with Gasteiger partial charge in [-0.1, -0.05) is 6.58 Å². The predicted molar refractivity (Wildman–Crippen MR) is 110 cm³/mol. The fourth-order valence-electron chi connectivity index (χ4n) is 6.97. The smallest absolute Gasteiger partial charge is 0.333 e. The summed E-state index contributed by atoms with van der Waals surface area (Å²) in [7, 11) is 0. The minimum absolute atomic E-state index is 0.0678. The summed E-state index contributed by atoms with van der Waals surface area (Å²) in [6.45, 7) is 6.46. The number of hydrogen-bond donors (Lipinski definition) is 0. The lowest BCUT2D eigenvalue weighted by Crippen LogP contribution is -2.66. The maximum atomic E-state index is 13.5. The average molecular weight is 449 g/mol. The number of rotatable bonds is 6. The van der Waals surface area contributed by atoms with Crippen LogP contribution in [0.1, 0.15) is 71.1 Å². The molecular weight excluding hydrogens is 416 g/mol. The van der Waals surface area contributed by atoms with Gasteiger partial charge in [-0.05, 0) is 51.4 Å². The molecule has 4 unspecified atom stereocenters. The minimum Gasteiger partial charge on any atom is -0.456 e. The van der Waals surface area contributed by atoms with Crippen molar-refractivity contribution in [3.05, 3.63) is 12.2 Å². The number of ether oxygens (including phenoxy) is 5. The lowest BCUT2D eigenvalue weighted by molar-refractivity contribution is -0.245. The first-order valence-electron chi connectivity index (χ1n) is 11.8. The van der Waals surface area contributed by atoms with Gasteiger partial charge < -0.3 is 23.7 Å². The second-order valence-electron chi connectivity index (χ2n) is 10.6. The molecule has 8 heteroatoms. The Balaban J connectivity index is 1.45. The van der Waals surface area contributed by atoms with E-state index in [1.54, 1.807) is 6.92 Å². The summed E-state index contributed by atoms with van der Waals surface area (Å²) in [5, 5.41) is 0. The average Bonchev–Trinajstić information content (AvgIpc) is 3.40. The van der Waals surface area contributed by atoms with Crippen molar-refractivity contribution in [1.82, 2.24) is 0 Å². The van der Waals surface area contributed by atoms with E-state index in [0.29, 0.717) is 70.2 Å². The third kappa shape index (κ3) is 3.75. The van der Waals surface area contributed by atoms with E-state index in [1.807, 2.05) is 0 Å². The molecule has 2 saturated heterocycles. The first kappa shape index (κ1) is 21.9. The molecule has 2 heterocycles. The summed E-state index contributed by atoms with van der Waals surface area (Å²) >= 11 is 0. The van der Waals surface area contributed by atoms with Crippen molar-refractivity contribution in [3.63, 3.8) is 0 Å². The highest BCUT2D eigenvalue weighted by Crippen LogP contribution is 2.68. The van der Waals surface area contributed by atoms with Crippen LogP contribution in [0.25, 0.3) is 0 Å². The predicted octanol–water partition coefficient (Wildman–Crippen LogP) is 3.17. The zero-order valence-corrected chi connectivity index (χ0v) is 18.7. The highest BCUT2D eigenvalue weighted by molar-refractivity contribution is 5.88. The third-order valence-electron chi connectivity index (χ3n) is 7.79. The van der Waals surface area contributed by atoms with Crippen molar-refractivity contribution in [2.45, 2.75) is 89.3 Å². The Labute approximate surface area is 187 Å². The van der Waals surface area contributed by atoms with E-state index in [0.717, 1.165) is 12.8 Å². The van der Waals surface area contributed by atoms with Gasteiger partial charge in [-0.25, -0.2) is 4.79 Å². The van der Waals surface area contributed by atoms with E-state index in [1.165, 1.54) is 0 Å². The summed E-state index contributed by atoms with van der Waals surface area (Å²) in [6.07, 6.45) is 4.91. The lowest BCUT2D eigenvalue weighted by Gasteiger charge is -2.63. The maximum absolute atomic E-state index is 13.5. The molecule has 0 aromatic carbocycles. The fraction of sp³-hybridized carbons (Fsp3) is 0.792. The van der Waals surface area contributed by atoms with E-state index in [2.05, 4.69) is 6.58 Å². The highest BCUT2D eigenvalue weighted by atomic mass is 16.7. The number of carbonyl (C=O) groups is 3. The summed E-state index contributed by atoms with van der Waals surface area (Å²) in [4.78, 5) is 39.5. The van der Waals surface area contributed by atoms with Gasteiger partial charge in [0, 0.05) is 31.3 Å². The largest absolute Gasteiger partial charge is 0.456 e. The molecule has 6 rings (SSSR count). The molecule has 176 valence electrons. The molecule has 0 spiro atoms. The van der Waals surface area contributed by atoms with Crippen LogP contribution in [0, 0.1) is 16.7 Å². The Morgan fingerprint density at radius 1 is 0.844 bits per heavy atom. The van der Waals surface area contributed by atoms with Crippen LogP contribution < -0.4 is 0 Å². The van der Waals surface area contributed by atoms with Gasteiger partial charge >= 0.3 is 17.9 Å². The van der Waals surface area contributed by atoms with Crippen LogP contribution in [0.5, 0.6) is 0 Å². The number of carbonyl (C=O) groups excluding carboxylic acids is 3. The molecule has 0 aromatic heterocycles. The van der Waals surface area contributed by atoms with Crippen molar-refractivity contribution in [1.29, 1.82) is 0 Å². The Kier molecular flexibility index (Phi) is 5.36. The molecule has 6 fully saturated rings. The van der Waals surface area contributed by atoms with E-state index < -0.39 is 35.0 Å². The normalized spacial score (nSPS) is 42.0. The summed E-state index contributed by atoms with van der Waals surface area (Å²) in [6, 6.07) is 0. The van der Waals surface area contributed by atoms with Crippen molar-refractivity contribution < 1.29 is 38.1 Å². The van der Waals surface area contributed by atoms with Crippen molar-refractivity contribution in [3.8, 4) is 0 Å². The summed E-state index contributed by atoms with van der Waals surface area (Å²) < 4.78 is 28.5. The van der Waals surface area contributed by atoms with Crippen molar-refractivity contribution in [2.24, 2.45) is 16.7 Å². The van der Waals surface area contributed by atoms with Crippen LogP contribution in [0.15, 0.2) is 12.2 Å². The van der Waals surface area contributed by atoms with Gasteiger partial charge in [0.05, 0.1) is 24.0 Å². The third-order valence-corrected chi connectivity index (χ3v) is 7.79. The molecule has 4 saturated carbocycles. The molecule has 6 aliphatic rings. The van der Waals surface area contributed by atoms with Crippen molar-refractivity contribution in [2.75, 3.05) is 13.2 Å². The number of hydrogen-bond acceptors (Lipinski definition) is 8. The molecule has 4 atom stereocenters. The van der Waals surface area contributed by atoms with Crippen LogP contribution >= 0.6 is 0 Å². The molecule has 0 amide bonds. The highest BCUT2D eigenvalue weighted by Gasteiger charge is 2.70. The van der Waals surface area contributed by atoms with E-state index in [4.69, 9.17) is 23.7 Å². The van der Waals surface area contributed by atoms with Gasteiger partial charge in [0.2, 0.25) is 12.6 Å². The molecule has 8 nitrogen and oxygen atoms in total. The second-order valence-corrected chi connectivity index (χ2v) is 10.6. The zero-order valence-electron chi connectivity index (χ0n) is 18.7. The standard InChI is InChI=1S/C24H32O8/c1-15(2)19(25)32-24-11-16-9-22(13-24,20(26)30-17-5-3-7-28-17)12-23(10-16,14-24)21(27)31-18-6-4-8-29-18/h16-18H,1,3-14H2,2H3. The zero-order chi connectivity index (χ0) is 22.6. The van der Waals surface area contributed by atoms with E-state index in [-0.39, 0.29) is 17.9 Å². The van der Waals surface area contributed by atoms with Crippen LogP contribution in [-0.4, -0.2) is 49.3 Å². The van der Waals surface area contributed by atoms with Crippen molar-refractivity contribution >= 4 is 17.9 Å². The van der Waals surface area contributed by atoms with Gasteiger partial charge in [-0.3, -0.25) is 9.59 Å². The molecule has 0 aromatic rings. The summed E-state index contributed by atoms with van der Waals surface area (Å²) in [5.74, 6) is -1.12. The SMILES string of the molecule is C=C(C)C(=O)OC12CC3CC(C(=O)OC4CCCO4)(C1)CC(C(=O)OC1CCCO1)(C3)C2. The van der Waals surface area contributed by atoms with Crippen LogP contribution in [0.4, 0.5) is 0 Å². The second kappa shape index (κ2) is 7.83. The molecule has 2 aliphatic heterocycles. The quantitative estimate of drug-likeness (QED) is 0.347. The topological polar surface area (TPSA) is 97.4 Å². The molecular formula is C24H32O8. The van der Waals surface area contributed by atoms with E-state index in [9.17, 15) is 14.4 Å². The molecule has 4 bridgehead atoms. The molecule has 0 N–H and O–H groups in total. The Morgan fingerprint density at radius 2 is 1.38 bits per heavy atom. The molecule has 4 aliphatic carbocycles. The fourth-order valence-corrected chi connectivity index (χ4v) is 6.97. The minimum atomic E-state index is -0.902. The lowest BCUT2D eigenvalue weighted by atomic mass is 9.42. The first-order chi connectivity index (χ1) is 15.2. The summed E-state index contributed by atoms with van der Waals surface area (Å²) in [5.41, 5.74) is -2.39. The van der Waals surface area contributed by atoms with Gasteiger partial charge in [-0.2, -0.15) is 0 Å². The Morgan fingerprint density at radius 3 is 1.81 bits per heavy atom. The van der Waals surface area contributed by atoms with Gasteiger partial charge in [0.1, 0.15) is 5.60 Å². The monoisotopic (exact) mass is 448 g/mol. The maximum Gasteiger partial charge on any atom is 0.333 e. The van der Waals surface area contributed by atoms with E-state index >= 15 is 0 Å². The van der Waals surface area contributed by atoms with Gasteiger partial charge in [0.25, 0.3) is 0 Å². The van der Waals surface area contributed by atoms with Gasteiger partial charge in [0.15, 0.2) is 0 Å². The van der Waals surface area contributed by atoms with Crippen LogP contribution in [0.3, 0.4) is 0 Å². The molecule has 0 radical (unpaired) electrons. The van der Waals surface area contributed by atoms with Gasteiger partial charge in [-0.15, -0.1) is 0 Å². The Bertz CT molecular complexity index is 776. The van der Waals surface area contributed by atoms with Crippen LogP contribution in [-0.2, 0) is 38.1 Å². The Hall–Kier alpha value is -1.93.